The van der Waals surface area contributed by atoms with Gasteiger partial charge in [-0.25, -0.2) is 0 Å². The first-order chi connectivity index (χ1) is 9.11. The zero-order valence-electron chi connectivity index (χ0n) is 12.3. The molecule has 1 aliphatic rings. The molecule has 1 heterocycles. The van der Waals surface area contributed by atoms with Crippen LogP contribution in [0.3, 0.4) is 0 Å². The summed E-state index contributed by atoms with van der Waals surface area (Å²) >= 11 is 0. The van der Waals surface area contributed by atoms with Crippen molar-refractivity contribution in [1.29, 1.82) is 0 Å². The van der Waals surface area contributed by atoms with E-state index in [1.165, 1.54) is 12.0 Å². The zero-order valence-corrected chi connectivity index (χ0v) is 13.2. The highest BCUT2D eigenvalue weighted by Gasteiger charge is 2.30. The van der Waals surface area contributed by atoms with Gasteiger partial charge in [-0.2, -0.15) is 0 Å². The van der Waals surface area contributed by atoms with E-state index in [9.17, 15) is 4.79 Å². The average molecular weight is 297 g/mol. The van der Waals surface area contributed by atoms with Gasteiger partial charge in [0.25, 0.3) is 0 Å². The maximum absolute atomic E-state index is 12.4. The monoisotopic (exact) mass is 296 g/mol. The fourth-order valence-electron chi connectivity index (χ4n) is 2.90. The van der Waals surface area contributed by atoms with Crippen LogP contribution in [-0.2, 0) is 11.2 Å². The molecular weight excluding hydrogens is 272 g/mol. The molecule has 2 N–H and O–H groups in total. The van der Waals surface area contributed by atoms with Crippen molar-refractivity contribution in [3.63, 3.8) is 0 Å². The number of amides is 1. The maximum Gasteiger partial charge on any atom is 0.227 e. The van der Waals surface area contributed by atoms with Crippen molar-refractivity contribution in [3.05, 3.63) is 35.4 Å². The second kappa shape index (κ2) is 7.65. The molecule has 0 radical (unpaired) electrons. The molecule has 4 heteroatoms. The van der Waals surface area contributed by atoms with Crippen molar-refractivity contribution < 1.29 is 4.79 Å². The molecule has 1 aliphatic heterocycles. The topological polar surface area (TPSA) is 46.3 Å². The third kappa shape index (κ3) is 3.97. The summed E-state index contributed by atoms with van der Waals surface area (Å²) in [5, 5.41) is 0. The molecule has 1 aromatic rings. The molecule has 20 heavy (non-hydrogen) atoms. The molecule has 1 aromatic carbocycles. The third-order valence-electron chi connectivity index (χ3n) is 4.15. The molecule has 1 amide bonds. The van der Waals surface area contributed by atoms with E-state index in [4.69, 9.17) is 5.73 Å². The number of likely N-dealkylation sites (tertiary alicyclic amines) is 1. The second-order valence-electron chi connectivity index (χ2n) is 5.67. The Kier molecular flexibility index (Phi) is 6.50. The molecule has 112 valence electrons. The Balaban J connectivity index is 0.00000200. The van der Waals surface area contributed by atoms with Crippen molar-refractivity contribution in [2.45, 2.75) is 39.2 Å². The Morgan fingerprint density at radius 1 is 1.35 bits per heavy atom. The number of nitrogens with two attached hydrogens (primary N) is 1. The van der Waals surface area contributed by atoms with E-state index >= 15 is 0 Å². The first-order valence-corrected chi connectivity index (χ1v) is 7.17. The van der Waals surface area contributed by atoms with Crippen LogP contribution in [0.1, 0.15) is 30.9 Å². The molecule has 3 nitrogen and oxygen atoms in total. The van der Waals surface area contributed by atoms with Crippen molar-refractivity contribution in [2.75, 3.05) is 13.1 Å². The van der Waals surface area contributed by atoms with Crippen molar-refractivity contribution >= 4 is 18.3 Å². The fraction of sp³-hybridized carbons (Fsp3) is 0.562. The number of carbonyl (C=O) groups excluding carboxylic acids is 1. The minimum Gasteiger partial charge on any atom is -0.338 e. The first-order valence-electron chi connectivity index (χ1n) is 7.17. The van der Waals surface area contributed by atoms with Gasteiger partial charge in [-0.05, 0) is 31.2 Å². The van der Waals surface area contributed by atoms with Crippen LogP contribution < -0.4 is 5.73 Å². The number of hydrogen-bond donors (Lipinski definition) is 1. The molecule has 0 spiro atoms. The van der Waals surface area contributed by atoms with Crippen LogP contribution >= 0.6 is 12.4 Å². The van der Waals surface area contributed by atoms with E-state index in [2.05, 4.69) is 26.0 Å². The van der Waals surface area contributed by atoms with Crippen LogP contribution in [0.5, 0.6) is 0 Å². The normalized spacial score (nSPS) is 22.2. The van der Waals surface area contributed by atoms with Crippen LogP contribution in [0.15, 0.2) is 24.3 Å². The molecular formula is C16H25ClN2O. The lowest BCUT2D eigenvalue weighted by molar-refractivity contribution is -0.135. The average Bonchev–Trinajstić information content (AvgIpc) is 2.41. The second-order valence-corrected chi connectivity index (χ2v) is 5.67. The molecule has 0 aliphatic carbocycles. The summed E-state index contributed by atoms with van der Waals surface area (Å²) in [4.78, 5) is 14.4. The number of aryl methyl sites for hydroxylation is 1. The molecule has 0 aromatic heterocycles. The fourth-order valence-corrected chi connectivity index (χ4v) is 2.90. The van der Waals surface area contributed by atoms with Gasteiger partial charge in [-0.1, -0.05) is 36.8 Å². The van der Waals surface area contributed by atoms with Gasteiger partial charge in [0.15, 0.2) is 0 Å². The summed E-state index contributed by atoms with van der Waals surface area (Å²) in [5.41, 5.74) is 8.15. The largest absolute Gasteiger partial charge is 0.338 e. The lowest BCUT2D eigenvalue weighted by atomic mass is 9.90. The minimum absolute atomic E-state index is 0. The number of piperidine rings is 1. The Bertz CT molecular complexity index is 433. The van der Waals surface area contributed by atoms with E-state index in [1.54, 1.807) is 0 Å². The summed E-state index contributed by atoms with van der Waals surface area (Å²) < 4.78 is 0. The summed E-state index contributed by atoms with van der Waals surface area (Å²) in [6, 6.07) is 8.41. The Hall–Kier alpha value is -1.06. The van der Waals surface area contributed by atoms with Crippen molar-refractivity contribution in [3.8, 4) is 0 Å². The van der Waals surface area contributed by atoms with Crippen LogP contribution in [-0.4, -0.2) is 29.9 Å². The van der Waals surface area contributed by atoms with Gasteiger partial charge in [0.2, 0.25) is 5.91 Å². The zero-order chi connectivity index (χ0) is 13.8. The number of halogens is 1. The van der Waals surface area contributed by atoms with Crippen molar-refractivity contribution in [1.82, 2.24) is 4.90 Å². The van der Waals surface area contributed by atoms with Gasteiger partial charge in [0.1, 0.15) is 0 Å². The predicted molar refractivity (Wildman–Crippen MR) is 85.1 cm³/mol. The minimum atomic E-state index is 0. The van der Waals surface area contributed by atoms with Gasteiger partial charge in [0, 0.05) is 19.1 Å². The van der Waals surface area contributed by atoms with E-state index < -0.39 is 0 Å². The van der Waals surface area contributed by atoms with Gasteiger partial charge in [0.05, 0.1) is 6.42 Å². The van der Waals surface area contributed by atoms with Crippen LogP contribution in [0.4, 0.5) is 0 Å². The van der Waals surface area contributed by atoms with E-state index in [0.717, 1.165) is 18.5 Å². The number of hydrogen-bond acceptors (Lipinski definition) is 2. The molecule has 2 unspecified atom stereocenters. The molecule has 2 rings (SSSR count). The molecule has 0 saturated carbocycles. The highest BCUT2D eigenvalue weighted by Crippen LogP contribution is 2.23. The van der Waals surface area contributed by atoms with Crippen molar-refractivity contribution in [2.24, 2.45) is 11.7 Å². The number of benzene rings is 1. The lowest BCUT2D eigenvalue weighted by Gasteiger charge is -2.39. The van der Waals surface area contributed by atoms with Gasteiger partial charge >= 0.3 is 0 Å². The maximum atomic E-state index is 12.4. The summed E-state index contributed by atoms with van der Waals surface area (Å²) in [7, 11) is 0. The molecule has 1 fully saturated rings. The van der Waals surface area contributed by atoms with Crippen LogP contribution in [0.25, 0.3) is 0 Å². The summed E-state index contributed by atoms with van der Waals surface area (Å²) in [5.74, 6) is 0.728. The highest BCUT2D eigenvalue weighted by molar-refractivity contribution is 5.85. The Morgan fingerprint density at radius 3 is 2.60 bits per heavy atom. The molecule has 1 saturated heterocycles. The molecule has 0 bridgehead atoms. The summed E-state index contributed by atoms with van der Waals surface area (Å²) in [6.07, 6.45) is 2.76. The Morgan fingerprint density at radius 2 is 2.00 bits per heavy atom. The van der Waals surface area contributed by atoms with Gasteiger partial charge < -0.3 is 10.6 Å². The molecule has 2 atom stereocenters. The number of rotatable bonds is 3. The SMILES string of the molecule is Cc1ccc(CC(=O)N2CCCC(C)C2CN)cc1.Cl. The standard InChI is InChI=1S/C16H24N2O.ClH/c1-12-5-7-14(8-6-12)10-16(19)18-9-3-4-13(2)15(18)11-17;/h5-8,13,15H,3-4,9-11,17H2,1-2H3;1H. The summed E-state index contributed by atoms with van der Waals surface area (Å²) in [6.45, 7) is 5.68. The highest BCUT2D eigenvalue weighted by atomic mass is 35.5. The van der Waals surface area contributed by atoms with Crippen LogP contribution in [0, 0.1) is 12.8 Å². The van der Waals surface area contributed by atoms with Crippen LogP contribution in [0.2, 0.25) is 0 Å². The van der Waals surface area contributed by atoms with Gasteiger partial charge in [-0.3, -0.25) is 4.79 Å². The van der Waals surface area contributed by atoms with E-state index in [-0.39, 0.29) is 24.4 Å². The first kappa shape index (κ1) is 17.0. The smallest absolute Gasteiger partial charge is 0.227 e. The number of carbonyl (C=O) groups is 1. The quantitative estimate of drug-likeness (QED) is 0.932. The van der Waals surface area contributed by atoms with E-state index in [1.807, 2.05) is 17.0 Å². The lowest BCUT2D eigenvalue weighted by Crippen LogP contribution is -2.51. The van der Waals surface area contributed by atoms with E-state index in [0.29, 0.717) is 18.9 Å². The number of nitrogens with zero attached hydrogens (tertiary/aromatic N) is 1. The predicted octanol–water partition coefficient (Wildman–Crippen LogP) is 2.55. The third-order valence-corrected chi connectivity index (χ3v) is 4.15. The Labute approximate surface area is 127 Å². The van der Waals surface area contributed by atoms with Gasteiger partial charge in [-0.15, -0.1) is 12.4 Å².